The lowest BCUT2D eigenvalue weighted by Crippen LogP contribution is -2.43. The Kier molecular flexibility index (Phi) is 3.30. The van der Waals surface area contributed by atoms with Crippen LogP contribution in [-0.4, -0.2) is 28.7 Å². The molecule has 2 rings (SSSR count). The molecule has 0 saturated carbocycles. The Morgan fingerprint density at radius 2 is 2.31 bits per heavy atom. The molecule has 1 fully saturated rings. The first kappa shape index (κ1) is 11.6. The van der Waals surface area contributed by atoms with E-state index in [2.05, 4.69) is 22.2 Å². The molecule has 0 amide bonds. The highest BCUT2D eigenvalue weighted by atomic mass is 35.5. The summed E-state index contributed by atoms with van der Waals surface area (Å²) in [6, 6.07) is 1.74. The van der Waals surface area contributed by atoms with Crippen LogP contribution in [0, 0.1) is 6.92 Å². The van der Waals surface area contributed by atoms with Gasteiger partial charge in [0.2, 0.25) is 0 Å². The van der Waals surface area contributed by atoms with Crippen LogP contribution in [0.25, 0.3) is 0 Å². The molecule has 5 heteroatoms. The number of anilines is 1. The molecule has 1 atom stereocenters. The molecule has 1 aliphatic rings. The van der Waals surface area contributed by atoms with Crippen molar-refractivity contribution in [3.63, 3.8) is 0 Å². The average Bonchev–Trinajstić information content (AvgIpc) is 2.15. The molecule has 1 saturated heterocycles. The highest BCUT2D eigenvalue weighted by Crippen LogP contribution is 2.24. The van der Waals surface area contributed by atoms with Crippen molar-refractivity contribution < 1.29 is 4.74 Å². The van der Waals surface area contributed by atoms with Crippen molar-refractivity contribution in [2.75, 3.05) is 18.5 Å². The van der Waals surface area contributed by atoms with E-state index < -0.39 is 0 Å². The molecule has 0 spiro atoms. The zero-order valence-electron chi connectivity index (χ0n) is 9.59. The van der Waals surface area contributed by atoms with E-state index in [-0.39, 0.29) is 5.54 Å². The number of ether oxygens (including phenoxy) is 1. The molecule has 2 heterocycles. The molecule has 88 valence electrons. The van der Waals surface area contributed by atoms with E-state index in [1.54, 1.807) is 6.07 Å². The summed E-state index contributed by atoms with van der Waals surface area (Å²) in [6.07, 6.45) is 2.15. The smallest absolute Gasteiger partial charge is 0.134 e. The van der Waals surface area contributed by atoms with E-state index >= 15 is 0 Å². The predicted octanol–water partition coefficient (Wildman–Crippen LogP) is 2.42. The van der Waals surface area contributed by atoms with Gasteiger partial charge in [0.05, 0.1) is 12.1 Å². The molecule has 0 radical (unpaired) electrons. The van der Waals surface area contributed by atoms with Crippen molar-refractivity contribution in [2.45, 2.75) is 32.2 Å². The molecule has 0 aromatic carbocycles. The molecule has 1 unspecified atom stereocenters. The molecule has 1 aliphatic heterocycles. The summed E-state index contributed by atoms with van der Waals surface area (Å²) in [5.41, 5.74) is -0.0532. The van der Waals surface area contributed by atoms with Gasteiger partial charge in [-0.3, -0.25) is 0 Å². The maximum absolute atomic E-state index is 5.89. The topological polar surface area (TPSA) is 47.0 Å². The Bertz CT molecular complexity index is 357. The minimum absolute atomic E-state index is 0.0532. The molecule has 1 aromatic heterocycles. The summed E-state index contributed by atoms with van der Waals surface area (Å²) in [7, 11) is 0. The van der Waals surface area contributed by atoms with Crippen molar-refractivity contribution in [1.82, 2.24) is 9.97 Å². The lowest BCUT2D eigenvalue weighted by Gasteiger charge is -2.34. The summed E-state index contributed by atoms with van der Waals surface area (Å²) in [5.74, 6) is 1.45. The number of hydrogen-bond acceptors (Lipinski definition) is 4. The van der Waals surface area contributed by atoms with E-state index in [0.29, 0.717) is 17.6 Å². The lowest BCUT2D eigenvalue weighted by atomic mass is 9.95. The van der Waals surface area contributed by atoms with Gasteiger partial charge in [0.1, 0.15) is 16.8 Å². The van der Waals surface area contributed by atoms with Crippen LogP contribution in [0.1, 0.15) is 25.6 Å². The summed E-state index contributed by atoms with van der Waals surface area (Å²) in [4.78, 5) is 8.34. The van der Waals surface area contributed by atoms with Crippen molar-refractivity contribution in [3.8, 4) is 0 Å². The summed E-state index contributed by atoms with van der Waals surface area (Å²) in [6.45, 7) is 5.52. The van der Waals surface area contributed by atoms with Gasteiger partial charge in [-0.2, -0.15) is 0 Å². The number of nitrogens with zero attached hydrogens (tertiary/aromatic N) is 2. The monoisotopic (exact) mass is 241 g/mol. The zero-order valence-corrected chi connectivity index (χ0v) is 10.3. The number of aromatic nitrogens is 2. The SMILES string of the molecule is Cc1nc(Cl)cc(NC2(C)CCCOC2)n1. The van der Waals surface area contributed by atoms with Crippen molar-refractivity contribution in [2.24, 2.45) is 0 Å². The fourth-order valence-electron chi connectivity index (χ4n) is 1.94. The Labute approximate surface area is 100 Å². The second-order valence-corrected chi connectivity index (χ2v) is 4.85. The van der Waals surface area contributed by atoms with Crippen molar-refractivity contribution >= 4 is 17.4 Å². The van der Waals surface area contributed by atoms with Gasteiger partial charge in [0.15, 0.2) is 0 Å². The molecule has 0 aliphatic carbocycles. The number of aryl methyl sites for hydroxylation is 1. The molecule has 1 aromatic rings. The Morgan fingerprint density at radius 3 is 2.94 bits per heavy atom. The fourth-order valence-corrected chi connectivity index (χ4v) is 2.16. The Morgan fingerprint density at radius 1 is 1.50 bits per heavy atom. The van der Waals surface area contributed by atoms with E-state index in [4.69, 9.17) is 16.3 Å². The number of nitrogens with one attached hydrogen (secondary N) is 1. The maximum atomic E-state index is 5.89. The molecule has 0 bridgehead atoms. The summed E-state index contributed by atoms with van der Waals surface area (Å²) >= 11 is 5.89. The van der Waals surface area contributed by atoms with Gasteiger partial charge < -0.3 is 10.1 Å². The number of hydrogen-bond donors (Lipinski definition) is 1. The third kappa shape index (κ3) is 2.83. The molecule has 4 nitrogen and oxygen atoms in total. The number of halogens is 1. The van der Waals surface area contributed by atoms with Gasteiger partial charge in [-0.05, 0) is 26.7 Å². The summed E-state index contributed by atoms with van der Waals surface area (Å²) < 4.78 is 5.48. The minimum Gasteiger partial charge on any atom is -0.379 e. The van der Waals surface area contributed by atoms with Gasteiger partial charge in [-0.15, -0.1) is 0 Å². The predicted molar refractivity (Wildman–Crippen MR) is 63.9 cm³/mol. The van der Waals surface area contributed by atoms with E-state index in [1.807, 2.05) is 6.92 Å². The second kappa shape index (κ2) is 4.55. The maximum Gasteiger partial charge on any atom is 0.134 e. The first-order valence-corrected chi connectivity index (χ1v) is 5.82. The standard InChI is InChI=1S/C11H16ClN3O/c1-8-13-9(12)6-10(14-8)15-11(2)4-3-5-16-7-11/h6H,3-5,7H2,1-2H3,(H,13,14,15). The van der Waals surface area contributed by atoms with Crippen LogP contribution in [-0.2, 0) is 4.74 Å². The van der Waals surface area contributed by atoms with Crippen LogP contribution in [0.15, 0.2) is 6.07 Å². The molecular formula is C11H16ClN3O. The average molecular weight is 242 g/mol. The highest BCUT2D eigenvalue weighted by molar-refractivity contribution is 6.29. The minimum atomic E-state index is -0.0532. The van der Waals surface area contributed by atoms with E-state index in [1.165, 1.54) is 0 Å². The first-order chi connectivity index (χ1) is 7.57. The Hall–Kier alpha value is -0.870. The third-order valence-electron chi connectivity index (χ3n) is 2.67. The van der Waals surface area contributed by atoms with Gasteiger partial charge in [-0.1, -0.05) is 11.6 Å². The van der Waals surface area contributed by atoms with Gasteiger partial charge in [0, 0.05) is 12.7 Å². The molecule has 1 N–H and O–H groups in total. The van der Waals surface area contributed by atoms with E-state index in [0.717, 1.165) is 25.3 Å². The Balaban J connectivity index is 2.13. The fraction of sp³-hybridized carbons (Fsp3) is 0.636. The van der Waals surface area contributed by atoms with Crippen LogP contribution in [0.3, 0.4) is 0 Å². The first-order valence-electron chi connectivity index (χ1n) is 5.45. The second-order valence-electron chi connectivity index (χ2n) is 4.46. The van der Waals surface area contributed by atoms with Gasteiger partial charge in [0.25, 0.3) is 0 Å². The molecular weight excluding hydrogens is 226 g/mol. The van der Waals surface area contributed by atoms with Crippen LogP contribution in [0.4, 0.5) is 5.82 Å². The van der Waals surface area contributed by atoms with Gasteiger partial charge in [-0.25, -0.2) is 9.97 Å². The normalized spacial score (nSPS) is 25.4. The van der Waals surface area contributed by atoms with Crippen LogP contribution >= 0.6 is 11.6 Å². The number of rotatable bonds is 2. The summed E-state index contributed by atoms with van der Waals surface area (Å²) in [5, 5.41) is 3.85. The van der Waals surface area contributed by atoms with Crippen molar-refractivity contribution in [1.29, 1.82) is 0 Å². The highest BCUT2D eigenvalue weighted by Gasteiger charge is 2.27. The molecule has 16 heavy (non-hydrogen) atoms. The zero-order chi connectivity index (χ0) is 11.6. The van der Waals surface area contributed by atoms with Crippen LogP contribution in [0.2, 0.25) is 5.15 Å². The van der Waals surface area contributed by atoms with Crippen LogP contribution in [0.5, 0.6) is 0 Å². The van der Waals surface area contributed by atoms with Crippen LogP contribution < -0.4 is 5.32 Å². The van der Waals surface area contributed by atoms with E-state index in [9.17, 15) is 0 Å². The largest absolute Gasteiger partial charge is 0.379 e. The third-order valence-corrected chi connectivity index (χ3v) is 2.87. The van der Waals surface area contributed by atoms with Crippen molar-refractivity contribution in [3.05, 3.63) is 17.0 Å². The quantitative estimate of drug-likeness (QED) is 0.808. The lowest BCUT2D eigenvalue weighted by molar-refractivity contribution is 0.0539. The van der Waals surface area contributed by atoms with Gasteiger partial charge >= 0.3 is 0 Å².